The van der Waals surface area contributed by atoms with Crippen molar-refractivity contribution in [3.05, 3.63) is 76.4 Å². The summed E-state index contributed by atoms with van der Waals surface area (Å²) in [6, 6.07) is 13.5. The molecule has 3 aromatic carbocycles. The molecule has 172 valence electrons. The molecule has 0 aliphatic heterocycles. The molecular weight excluding hydrogens is 434 g/mol. The lowest BCUT2D eigenvalue weighted by atomic mass is 9.85. The first kappa shape index (κ1) is 23.1. The number of benzene rings is 3. The molecule has 0 bridgehead atoms. The van der Waals surface area contributed by atoms with Crippen LogP contribution in [0.1, 0.15) is 47.1 Å². The molecular formula is C27H29NO4S. The van der Waals surface area contributed by atoms with E-state index in [2.05, 4.69) is 4.72 Å². The number of hydrogen-bond donors (Lipinski definition) is 2. The van der Waals surface area contributed by atoms with E-state index in [1.807, 2.05) is 76.2 Å². The molecule has 6 heteroatoms. The molecule has 0 saturated carbocycles. The molecule has 33 heavy (non-hydrogen) atoms. The molecule has 0 spiro atoms. The number of carbonyl (C=O) groups is 1. The predicted octanol–water partition coefficient (Wildman–Crippen LogP) is 6.14. The Balaban J connectivity index is 1.77. The van der Waals surface area contributed by atoms with Gasteiger partial charge in [-0.3, -0.25) is 9.52 Å². The number of carboxylic acids is 1. The standard InChI is InChI=1S/C27H29NO4S/c1-16-15-17(2)19(4)26(18(16)3)33(31,32)28-25-14-13-22(23-7-5-6-8-24(23)25)20-9-11-21(12-10-20)27(29)30/h5-9,13-15,21,28H,10-12H2,1-4H3,(H,29,30). The van der Waals surface area contributed by atoms with Crippen molar-refractivity contribution in [1.82, 2.24) is 0 Å². The number of hydrogen-bond acceptors (Lipinski definition) is 3. The fraction of sp³-hybridized carbons (Fsp3) is 0.296. The van der Waals surface area contributed by atoms with Crippen LogP contribution in [0, 0.1) is 33.6 Å². The summed E-state index contributed by atoms with van der Waals surface area (Å²) in [6.45, 7) is 7.55. The van der Waals surface area contributed by atoms with E-state index in [9.17, 15) is 18.3 Å². The average Bonchev–Trinajstić information content (AvgIpc) is 2.78. The number of rotatable bonds is 5. The van der Waals surface area contributed by atoms with Gasteiger partial charge in [0.2, 0.25) is 0 Å². The van der Waals surface area contributed by atoms with Crippen molar-refractivity contribution in [3.63, 3.8) is 0 Å². The maximum Gasteiger partial charge on any atom is 0.306 e. The van der Waals surface area contributed by atoms with Crippen LogP contribution in [0.15, 0.2) is 53.4 Å². The summed E-state index contributed by atoms with van der Waals surface area (Å²) >= 11 is 0. The summed E-state index contributed by atoms with van der Waals surface area (Å²) in [5, 5.41) is 11.1. The number of aliphatic carboxylic acids is 1. The quantitative estimate of drug-likeness (QED) is 0.476. The first-order valence-electron chi connectivity index (χ1n) is 11.1. The zero-order chi connectivity index (χ0) is 23.9. The molecule has 1 aliphatic rings. The van der Waals surface area contributed by atoms with Gasteiger partial charge in [-0.05, 0) is 91.8 Å². The van der Waals surface area contributed by atoms with E-state index < -0.39 is 16.0 Å². The molecule has 0 saturated heterocycles. The zero-order valence-electron chi connectivity index (χ0n) is 19.4. The maximum atomic E-state index is 13.5. The van der Waals surface area contributed by atoms with Gasteiger partial charge in [-0.1, -0.05) is 42.5 Å². The topological polar surface area (TPSA) is 83.5 Å². The van der Waals surface area contributed by atoms with Gasteiger partial charge in [0.1, 0.15) is 0 Å². The van der Waals surface area contributed by atoms with Crippen LogP contribution < -0.4 is 4.72 Å². The van der Waals surface area contributed by atoms with Crippen LogP contribution in [0.3, 0.4) is 0 Å². The fourth-order valence-electron chi connectivity index (χ4n) is 4.75. The molecule has 5 nitrogen and oxygen atoms in total. The molecule has 1 atom stereocenters. The third-order valence-corrected chi connectivity index (χ3v) is 8.48. The monoisotopic (exact) mass is 463 g/mol. The van der Waals surface area contributed by atoms with Crippen LogP contribution in [0.25, 0.3) is 16.3 Å². The Morgan fingerprint density at radius 3 is 2.18 bits per heavy atom. The lowest BCUT2D eigenvalue weighted by Crippen LogP contribution is -2.17. The summed E-state index contributed by atoms with van der Waals surface area (Å²) in [5.41, 5.74) is 6.08. The summed E-state index contributed by atoms with van der Waals surface area (Å²) in [7, 11) is -3.80. The van der Waals surface area contributed by atoms with Crippen molar-refractivity contribution in [2.24, 2.45) is 5.92 Å². The Hall–Kier alpha value is -3.12. The molecule has 0 amide bonds. The van der Waals surface area contributed by atoms with Gasteiger partial charge in [0.05, 0.1) is 16.5 Å². The molecule has 1 aliphatic carbocycles. The minimum Gasteiger partial charge on any atom is -0.481 e. The first-order valence-corrected chi connectivity index (χ1v) is 12.6. The second kappa shape index (κ2) is 8.67. The van der Waals surface area contributed by atoms with E-state index in [4.69, 9.17) is 0 Å². The van der Waals surface area contributed by atoms with Crippen LogP contribution in [-0.4, -0.2) is 19.5 Å². The van der Waals surface area contributed by atoms with Gasteiger partial charge in [-0.2, -0.15) is 0 Å². The zero-order valence-corrected chi connectivity index (χ0v) is 20.2. The Bertz CT molecular complexity index is 1380. The van der Waals surface area contributed by atoms with Crippen molar-refractivity contribution in [2.75, 3.05) is 4.72 Å². The van der Waals surface area contributed by atoms with E-state index in [-0.39, 0.29) is 5.92 Å². The van der Waals surface area contributed by atoms with E-state index in [1.54, 1.807) is 0 Å². The van der Waals surface area contributed by atoms with Gasteiger partial charge in [0, 0.05) is 5.39 Å². The number of anilines is 1. The van der Waals surface area contributed by atoms with Crippen LogP contribution in [0.4, 0.5) is 5.69 Å². The summed E-state index contributed by atoms with van der Waals surface area (Å²) < 4.78 is 29.8. The highest BCUT2D eigenvalue weighted by molar-refractivity contribution is 7.92. The van der Waals surface area contributed by atoms with Crippen LogP contribution in [-0.2, 0) is 14.8 Å². The lowest BCUT2D eigenvalue weighted by molar-refractivity contribution is -0.141. The van der Waals surface area contributed by atoms with E-state index in [1.165, 1.54) is 0 Å². The molecule has 0 aromatic heterocycles. The van der Waals surface area contributed by atoms with Crippen LogP contribution >= 0.6 is 0 Å². The SMILES string of the molecule is Cc1cc(C)c(C)c(S(=O)(=O)Nc2ccc(C3=CCC(C(=O)O)CC3)c3ccccc23)c1C. The lowest BCUT2D eigenvalue weighted by Gasteiger charge is -2.21. The number of nitrogens with one attached hydrogen (secondary N) is 1. The molecule has 0 fully saturated rings. The predicted molar refractivity (Wildman–Crippen MR) is 133 cm³/mol. The van der Waals surface area contributed by atoms with Gasteiger partial charge in [0.15, 0.2) is 0 Å². The third kappa shape index (κ3) is 4.27. The van der Waals surface area contributed by atoms with Crippen molar-refractivity contribution in [2.45, 2.75) is 51.9 Å². The van der Waals surface area contributed by atoms with E-state index in [0.717, 1.165) is 44.2 Å². The molecule has 1 unspecified atom stereocenters. The van der Waals surface area contributed by atoms with Crippen molar-refractivity contribution < 1.29 is 18.3 Å². The highest BCUT2D eigenvalue weighted by Gasteiger charge is 2.25. The minimum absolute atomic E-state index is 0.336. The Morgan fingerprint density at radius 2 is 1.61 bits per heavy atom. The second-order valence-electron chi connectivity index (χ2n) is 8.94. The van der Waals surface area contributed by atoms with E-state index in [0.29, 0.717) is 29.8 Å². The largest absolute Gasteiger partial charge is 0.481 e. The number of sulfonamides is 1. The molecule has 3 aromatic rings. The van der Waals surface area contributed by atoms with Gasteiger partial charge in [0.25, 0.3) is 10.0 Å². The van der Waals surface area contributed by atoms with Crippen molar-refractivity contribution >= 4 is 38.0 Å². The Kier molecular flexibility index (Phi) is 6.06. The number of carboxylic acid groups (broad SMARTS) is 1. The van der Waals surface area contributed by atoms with Crippen molar-refractivity contribution in [1.29, 1.82) is 0 Å². The van der Waals surface area contributed by atoms with Crippen LogP contribution in [0.5, 0.6) is 0 Å². The summed E-state index contributed by atoms with van der Waals surface area (Å²) in [4.78, 5) is 11.6. The second-order valence-corrected chi connectivity index (χ2v) is 10.6. The van der Waals surface area contributed by atoms with Gasteiger partial charge < -0.3 is 5.11 Å². The number of aryl methyl sites for hydroxylation is 2. The minimum atomic E-state index is -3.80. The average molecular weight is 464 g/mol. The molecule has 4 rings (SSSR count). The molecule has 0 heterocycles. The fourth-order valence-corrected chi connectivity index (χ4v) is 6.45. The normalized spacial score (nSPS) is 16.5. The third-order valence-electron chi connectivity index (χ3n) is 6.84. The highest BCUT2D eigenvalue weighted by atomic mass is 32.2. The Morgan fingerprint density at radius 1 is 0.970 bits per heavy atom. The van der Waals surface area contributed by atoms with Crippen molar-refractivity contribution in [3.8, 4) is 0 Å². The van der Waals surface area contributed by atoms with Gasteiger partial charge in [-0.25, -0.2) is 8.42 Å². The highest BCUT2D eigenvalue weighted by Crippen LogP contribution is 2.37. The number of allylic oxidation sites excluding steroid dienone is 2. The van der Waals surface area contributed by atoms with Gasteiger partial charge >= 0.3 is 5.97 Å². The molecule has 2 N–H and O–H groups in total. The van der Waals surface area contributed by atoms with E-state index >= 15 is 0 Å². The maximum absolute atomic E-state index is 13.5. The summed E-state index contributed by atoms with van der Waals surface area (Å²) in [6.07, 6.45) is 3.82. The Labute approximate surface area is 195 Å². The first-order chi connectivity index (χ1) is 15.6. The van der Waals surface area contributed by atoms with Crippen LogP contribution in [0.2, 0.25) is 0 Å². The summed E-state index contributed by atoms with van der Waals surface area (Å²) in [5.74, 6) is -1.09. The van der Waals surface area contributed by atoms with Gasteiger partial charge in [-0.15, -0.1) is 0 Å². The smallest absolute Gasteiger partial charge is 0.306 e. The molecule has 0 radical (unpaired) electrons. The number of fused-ring (bicyclic) bond motifs is 1.